The topological polar surface area (TPSA) is 35.2 Å². The smallest absolute Gasteiger partial charge is 0.155 e. The lowest BCUT2D eigenvalue weighted by atomic mass is 10.3. The molecule has 0 aliphatic rings. The van der Waals surface area contributed by atoms with Crippen molar-refractivity contribution in [1.29, 1.82) is 0 Å². The number of thioether (sulfide) groups is 1. The first kappa shape index (κ1) is 8.27. The first-order chi connectivity index (χ1) is 5.29. The molecule has 0 aliphatic carbocycles. The van der Waals surface area contributed by atoms with Crippen molar-refractivity contribution >= 4 is 17.4 Å². The van der Waals surface area contributed by atoms with Crippen molar-refractivity contribution in [2.24, 2.45) is 0 Å². The van der Waals surface area contributed by atoms with Gasteiger partial charge in [-0.3, -0.25) is 0 Å². The summed E-state index contributed by atoms with van der Waals surface area (Å²) in [5, 5.41) is 0. The minimum atomic E-state index is 0.694. The minimum Gasteiger partial charge on any atom is -0.493 e. The molecule has 60 valence electrons. The molecule has 0 saturated heterocycles. The quantitative estimate of drug-likeness (QED) is 0.543. The molecular formula is C8H11NOS. The third-order valence-corrected chi connectivity index (χ3v) is 2.19. The molecule has 0 aromatic heterocycles. The van der Waals surface area contributed by atoms with Gasteiger partial charge in [-0.25, -0.2) is 0 Å². The van der Waals surface area contributed by atoms with Crippen LogP contribution in [0.15, 0.2) is 23.1 Å². The van der Waals surface area contributed by atoms with Crippen LogP contribution in [0.1, 0.15) is 0 Å². The monoisotopic (exact) mass is 169 g/mol. The highest BCUT2D eigenvalue weighted by atomic mass is 32.2. The third kappa shape index (κ3) is 1.60. The van der Waals surface area contributed by atoms with E-state index in [0.717, 1.165) is 10.6 Å². The molecule has 11 heavy (non-hydrogen) atoms. The van der Waals surface area contributed by atoms with Gasteiger partial charge in [-0.2, -0.15) is 0 Å². The third-order valence-electron chi connectivity index (χ3n) is 1.43. The fourth-order valence-corrected chi connectivity index (χ4v) is 1.51. The standard InChI is InChI=1S/C8H11NOS/c1-10-8-6(9)4-3-5-7(8)11-2/h3-5H,9H2,1-2H3. The van der Waals surface area contributed by atoms with Crippen molar-refractivity contribution in [3.8, 4) is 5.75 Å². The molecule has 0 unspecified atom stereocenters. The minimum absolute atomic E-state index is 0.694. The number of nitrogens with two attached hydrogens (primary N) is 1. The first-order valence-electron chi connectivity index (χ1n) is 3.26. The Morgan fingerprint density at radius 2 is 2.18 bits per heavy atom. The predicted molar refractivity (Wildman–Crippen MR) is 49.2 cm³/mol. The SMILES string of the molecule is COc1c(N)cccc1SC. The summed E-state index contributed by atoms with van der Waals surface area (Å²) in [6, 6.07) is 5.74. The molecule has 2 nitrogen and oxygen atoms in total. The van der Waals surface area contributed by atoms with E-state index < -0.39 is 0 Å². The van der Waals surface area contributed by atoms with E-state index in [1.807, 2.05) is 24.5 Å². The van der Waals surface area contributed by atoms with Crippen LogP contribution in [0.3, 0.4) is 0 Å². The van der Waals surface area contributed by atoms with Gasteiger partial charge in [0.25, 0.3) is 0 Å². The van der Waals surface area contributed by atoms with Crippen molar-refractivity contribution in [2.75, 3.05) is 19.1 Å². The fourth-order valence-electron chi connectivity index (χ4n) is 0.912. The molecule has 0 heterocycles. The van der Waals surface area contributed by atoms with Crippen molar-refractivity contribution in [1.82, 2.24) is 0 Å². The molecule has 0 radical (unpaired) electrons. The molecule has 1 aromatic carbocycles. The largest absolute Gasteiger partial charge is 0.493 e. The van der Waals surface area contributed by atoms with Gasteiger partial charge in [-0.05, 0) is 18.4 Å². The Bertz CT molecular complexity index is 250. The van der Waals surface area contributed by atoms with E-state index >= 15 is 0 Å². The second-order valence-electron chi connectivity index (χ2n) is 2.08. The van der Waals surface area contributed by atoms with Gasteiger partial charge < -0.3 is 10.5 Å². The van der Waals surface area contributed by atoms with Gasteiger partial charge in [-0.15, -0.1) is 11.8 Å². The summed E-state index contributed by atoms with van der Waals surface area (Å²) in [4.78, 5) is 1.08. The summed E-state index contributed by atoms with van der Waals surface area (Å²) in [6.45, 7) is 0. The van der Waals surface area contributed by atoms with E-state index in [4.69, 9.17) is 10.5 Å². The maximum absolute atomic E-state index is 5.67. The average molecular weight is 169 g/mol. The van der Waals surface area contributed by atoms with Gasteiger partial charge in [0, 0.05) is 0 Å². The second-order valence-corrected chi connectivity index (χ2v) is 2.93. The summed E-state index contributed by atoms with van der Waals surface area (Å²) in [7, 11) is 1.63. The zero-order chi connectivity index (χ0) is 8.27. The molecule has 1 aromatic rings. The van der Waals surface area contributed by atoms with Crippen LogP contribution in [-0.4, -0.2) is 13.4 Å². The Kier molecular flexibility index (Phi) is 2.65. The average Bonchev–Trinajstić information content (AvgIpc) is 2.04. The Balaban J connectivity index is 3.13. The Labute approximate surface area is 70.7 Å². The van der Waals surface area contributed by atoms with Crippen LogP contribution in [0, 0.1) is 0 Å². The van der Waals surface area contributed by atoms with E-state index in [1.165, 1.54) is 0 Å². The zero-order valence-corrected chi connectivity index (χ0v) is 7.44. The molecule has 2 N–H and O–H groups in total. The molecular weight excluding hydrogens is 158 g/mol. The summed E-state index contributed by atoms with van der Waals surface area (Å²) in [6.07, 6.45) is 2.00. The van der Waals surface area contributed by atoms with Gasteiger partial charge in [0.1, 0.15) is 0 Å². The van der Waals surface area contributed by atoms with Crippen LogP contribution in [0.5, 0.6) is 5.75 Å². The van der Waals surface area contributed by atoms with Crippen LogP contribution in [0.25, 0.3) is 0 Å². The lowest BCUT2D eigenvalue weighted by Crippen LogP contribution is -1.93. The summed E-state index contributed by atoms with van der Waals surface area (Å²) in [5.74, 6) is 0.778. The molecule has 0 bridgehead atoms. The van der Waals surface area contributed by atoms with Gasteiger partial charge >= 0.3 is 0 Å². The number of rotatable bonds is 2. The first-order valence-corrected chi connectivity index (χ1v) is 4.48. The number of hydrogen-bond donors (Lipinski definition) is 1. The number of ether oxygens (including phenoxy) is 1. The Morgan fingerprint density at radius 3 is 2.64 bits per heavy atom. The van der Waals surface area contributed by atoms with Crippen molar-refractivity contribution < 1.29 is 4.74 Å². The zero-order valence-electron chi connectivity index (χ0n) is 6.63. The maximum atomic E-state index is 5.67. The van der Waals surface area contributed by atoms with Crippen molar-refractivity contribution in [3.05, 3.63) is 18.2 Å². The van der Waals surface area contributed by atoms with Crippen molar-refractivity contribution in [2.45, 2.75) is 4.90 Å². The van der Waals surface area contributed by atoms with E-state index in [1.54, 1.807) is 18.9 Å². The summed E-state index contributed by atoms with van der Waals surface area (Å²) < 4.78 is 5.12. The highest BCUT2D eigenvalue weighted by Crippen LogP contribution is 2.32. The highest BCUT2D eigenvalue weighted by molar-refractivity contribution is 7.98. The number of nitrogen functional groups attached to an aromatic ring is 1. The Hall–Kier alpha value is -0.830. The van der Waals surface area contributed by atoms with Gasteiger partial charge in [0.05, 0.1) is 17.7 Å². The van der Waals surface area contributed by atoms with E-state index in [-0.39, 0.29) is 0 Å². The van der Waals surface area contributed by atoms with Gasteiger partial charge in [0.2, 0.25) is 0 Å². The summed E-state index contributed by atoms with van der Waals surface area (Å²) in [5.41, 5.74) is 6.36. The van der Waals surface area contributed by atoms with Crippen LogP contribution >= 0.6 is 11.8 Å². The van der Waals surface area contributed by atoms with E-state index in [9.17, 15) is 0 Å². The lowest BCUT2D eigenvalue weighted by molar-refractivity contribution is 0.407. The highest BCUT2D eigenvalue weighted by Gasteiger charge is 2.03. The van der Waals surface area contributed by atoms with Crippen LogP contribution < -0.4 is 10.5 Å². The number of para-hydroxylation sites is 1. The number of anilines is 1. The molecule has 0 spiro atoms. The Morgan fingerprint density at radius 1 is 1.45 bits per heavy atom. The lowest BCUT2D eigenvalue weighted by Gasteiger charge is -2.07. The fraction of sp³-hybridized carbons (Fsp3) is 0.250. The molecule has 1 rings (SSSR count). The van der Waals surface area contributed by atoms with Crippen molar-refractivity contribution in [3.63, 3.8) is 0 Å². The molecule has 0 amide bonds. The second kappa shape index (κ2) is 3.53. The maximum Gasteiger partial charge on any atom is 0.155 e. The summed E-state index contributed by atoms with van der Waals surface area (Å²) >= 11 is 1.63. The molecule has 0 atom stereocenters. The molecule has 0 fully saturated rings. The molecule has 0 saturated carbocycles. The van der Waals surface area contributed by atoms with Crippen LogP contribution in [0.4, 0.5) is 5.69 Å². The van der Waals surface area contributed by atoms with Crippen LogP contribution in [-0.2, 0) is 0 Å². The van der Waals surface area contributed by atoms with Crippen LogP contribution in [0.2, 0.25) is 0 Å². The number of hydrogen-bond acceptors (Lipinski definition) is 3. The predicted octanol–water partition coefficient (Wildman–Crippen LogP) is 2.00. The number of methoxy groups -OCH3 is 1. The number of benzene rings is 1. The van der Waals surface area contributed by atoms with E-state index in [0.29, 0.717) is 5.69 Å². The van der Waals surface area contributed by atoms with Gasteiger partial charge in [0.15, 0.2) is 5.75 Å². The normalized spacial score (nSPS) is 9.64. The molecule has 0 aliphatic heterocycles. The molecule has 3 heteroatoms. The van der Waals surface area contributed by atoms with E-state index in [2.05, 4.69) is 0 Å². The van der Waals surface area contributed by atoms with Gasteiger partial charge in [-0.1, -0.05) is 6.07 Å².